The molecule has 1 aromatic heterocycles. The average molecular weight is 895 g/mol. The number of rotatable bonds is 7. The number of imide groups is 2. The quantitative estimate of drug-likeness (QED) is 0.123. The molecule has 2 N–H and O–H groups in total. The Morgan fingerprint density at radius 2 is 1.56 bits per heavy atom. The van der Waals surface area contributed by atoms with Crippen molar-refractivity contribution in [3.63, 3.8) is 0 Å². The van der Waals surface area contributed by atoms with E-state index in [4.69, 9.17) is 23.2 Å². The number of halogens is 5. The van der Waals surface area contributed by atoms with Gasteiger partial charge in [0.1, 0.15) is 5.75 Å². The minimum Gasteiger partial charge on any atom is -0.508 e. The molecular formula is C48H40Cl2F3N5O5. The van der Waals surface area contributed by atoms with E-state index in [9.17, 15) is 27.9 Å². The second kappa shape index (κ2) is 15.5. The third kappa shape index (κ3) is 6.61. The van der Waals surface area contributed by atoms with Gasteiger partial charge in [-0.2, -0.15) is 18.2 Å². The number of aromatic nitrogens is 1. The number of allylic oxidation sites excluding steroid dienone is 2. The van der Waals surface area contributed by atoms with Crippen molar-refractivity contribution in [2.24, 2.45) is 23.7 Å². The number of hydrazine groups is 1. The molecule has 6 unspecified atom stereocenters. The number of amides is 4. The highest BCUT2D eigenvalue weighted by atomic mass is 35.5. The van der Waals surface area contributed by atoms with E-state index in [1.165, 1.54) is 16.5 Å². The summed E-state index contributed by atoms with van der Waals surface area (Å²) < 4.78 is 40.9. The first-order valence-electron chi connectivity index (χ1n) is 20.9. The standard InChI is InChI=1S/C48H40Cl2F3N5O5/c49-30-13-11-28(12-14-30)47-36(44(61)58(46(47)63)55-42-37(50)22-29(24-54-42)48(51,52)53)23-35-33(41(47)40-32-9-5-4-8-27(32)10-17-38(40)59)15-16-34-39(35)45(62)57(43(34)60)31-18-20-56(21-19-31)25-26-6-2-1-3-7-26/h1-15,17,22,24,31,34-36,39,41,59H,16,18-21,23,25H2,(H,54,55). The minimum atomic E-state index is -4.76. The molecule has 6 atom stereocenters. The number of pyridine rings is 1. The number of benzene rings is 4. The highest BCUT2D eigenvalue weighted by Crippen LogP contribution is 2.65. The number of hydrogen-bond acceptors (Lipinski definition) is 8. The summed E-state index contributed by atoms with van der Waals surface area (Å²) in [5.74, 6) is -7.12. The van der Waals surface area contributed by atoms with Crippen LogP contribution in [-0.2, 0) is 37.3 Å². The van der Waals surface area contributed by atoms with Crippen molar-refractivity contribution < 1.29 is 37.5 Å². The number of phenolic OH excluding ortho intramolecular Hbond substituents is 1. The maximum atomic E-state index is 15.7. The smallest absolute Gasteiger partial charge is 0.417 e. The molecule has 4 heterocycles. The van der Waals surface area contributed by atoms with Crippen molar-refractivity contribution in [2.75, 3.05) is 18.5 Å². The molecule has 1 saturated carbocycles. The Labute approximate surface area is 370 Å². The third-order valence-corrected chi connectivity index (χ3v) is 14.5. The molecule has 4 aromatic carbocycles. The van der Waals surface area contributed by atoms with Gasteiger partial charge in [0.25, 0.3) is 11.8 Å². The second-order valence-corrected chi connectivity index (χ2v) is 18.0. The number of carbonyl (C=O) groups is 4. The molecule has 5 aromatic rings. The molecule has 4 amide bonds. The molecule has 63 heavy (non-hydrogen) atoms. The predicted molar refractivity (Wildman–Crippen MR) is 229 cm³/mol. The van der Waals surface area contributed by atoms with E-state index in [0.29, 0.717) is 65.3 Å². The highest BCUT2D eigenvalue weighted by molar-refractivity contribution is 6.33. The Kier molecular flexibility index (Phi) is 10.1. The van der Waals surface area contributed by atoms with E-state index in [1.54, 1.807) is 36.4 Å². The Bertz CT molecular complexity index is 2730. The lowest BCUT2D eigenvalue weighted by molar-refractivity contribution is -0.144. The van der Waals surface area contributed by atoms with Crippen LogP contribution in [0.15, 0.2) is 115 Å². The summed E-state index contributed by atoms with van der Waals surface area (Å²) in [6.45, 7) is 2.16. The Morgan fingerprint density at radius 3 is 2.27 bits per heavy atom. The van der Waals surface area contributed by atoms with Gasteiger partial charge in [-0.1, -0.05) is 108 Å². The first-order valence-corrected chi connectivity index (χ1v) is 21.7. The van der Waals surface area contributed by atoms with Gasteiger partial charge in [-0.25, -0.2) is 4.98 Å². The second-order valence-electron chi connectivity index (χ2n) is 17.2. The summed E-state index contributed by atoms with van der Waals surface area (Å²) >= 11 is 12.8. The number of nitrogens with zero attached hydrogens (tertiary/aromatic N) is 4. The summed E-state index contributed by atoms with van der Waals surface area (Å²) in [4.78, 5) is 68.0. The molecule has 322 valence electrons. The fourth-order valence-corrected chi connectivity index (χ4v) is 11.6. The number of fused-ring (bicyclic) bond motifs is 5. The summed E-state index contributed by atoms with van der Waals surface area (Å²) in [5, 5.41) is 14.0. The molecule has 2 aliphatic carbocycles. The van der Waals surface area contributed by atoms with E-state index >= 15 is 9.59 Å². The third-order valence-electron chi connectivity index (χ3n) is 14.0. The van der Waals surface area contributed by atoms with Crippen molar-refractivity contribution in [3.05, 3.63) is 147 Å². The first-order chi connectivity index (χ1) is 30.3. The lowest BCUT2D eigenvalue weighted by atomic mass is 9.48. The van der Waals surface area contributed by atoms with Gasteiger partial charge in [-0.15, -0.1) is 0 Å². The summed E-state index contributed by atoms with van der Waals surface area (Å²) in [7, 11) is 0. The van der Waals surface area contributed by atoms with Gasteiger partial charge in [0.05, 0.1) is 33.8 Å². The zero-order valence-corrected chi connectivity index (χ0v) is 35.1. The van der Waals surface area contributed by atoms with Crippen molar-refractivity contribution in [2.45, 2.75) is 55.8 Å². The van der Waals surface area contributed by atoms with Crippen LogP contribution < -0.4 is 5.43 Å². The lowest BCUT2D eigenvalue weighted by Crippen LogP contribution is -2.53. The van der Waals surface area contributed by atoms with Crippen molar-refractivity contribution in [3.8, 4) is 5.75 Å². The van der Waals surface area contributed by atoms with Gasteiger partial charge in [-0.05, 0) is 77.8 Å². The molecule has 15 heteroatoms. The number of carbonyl (C=O) groups excluding carboxylic acids is 4. The van der Waals surface area contributed by atoms with Crippen LogP contribution in [0, 0.1) is 23.7 Å². The normalized spacial score (nSPS) is 26.5. The first kappa shape index (κ1) is 41.3. The van der Waals surface area contributed by atoms with Crippen molar-refractivity contribution >= 4 is 63.4 Å². The zero-order chi connectivity index (χ0) is 43.9. The maximum absolute atomic E-state index is 15.7. The van der Waals surface area contributed by atoms with Crippen LogP contribution in [0.5, 0.6) is 5.75 Å². The number of aromatic hydroxyl groups is 1. The number of nitrogens with one attached hydrogen (secondary N) is 1. The SMILES string of the molecule is O=C1C2CC3C(=CCC4C(=O)N(C5CCN(Cc6ccccc6)CC5)C(=O)C43)C(c3c(O)ccc4ccccc34)C2(c2ccc(Cl)cc2)C(=O)N1Nc1ncc(C(F)(F)F)cc1Cl. The molecular weight excluding hydrogens is 854 g/mol. The number of anilines is 1. The topological polar surface area (TPSA) is 123 Å². The fraction of sp³-hybridized carbons (Fsp3) is 0.312. The largest absolute Gasteiger partial charge is 0.508 e. The van der Waals surface area contributed by atoms with E-state index < -0.39 is 63.6 Å². The minimum absolute atomic E-state index is 0.0308. The number of alkyl halides is 3. The Morgan fingerprint density at radius 1 is 0.841 bits per heavy atom. The maximum Gasteiger partial charge on any atom is 0.417 e. The van der Waals surface area contributed by atoms with E-state index in [0.717, 1.165) is 16.9 Å². The molecule has 5 aliphatic rings. The molecule has 0 bridgehead atoms. The molecule has 4 fully saturated rings. The van der Waals surface area contributed by atoms with Gasteiger partial charge >= 0.3 is 6.18 Å². The molecule has 0 spiro atoms. The number of piperidine rings is 1. The van der Waals surface area contributed by atoms with E-state index in [2.05, 4.69) is 27.4 Å². The van der Waals surface area contributed by atoms with Crippen LogP contribution in [0.4, 0.5) is 19.0 Å². The van der Waals surface area contributed by atoms with Crippen LogP contribution in [0.2, 0.25) is 10.0 Å². The summed E-state index contributed by atoms with van der Waals surface area (Å²) in [6, 6.07) is 27.6. The Balaban J connectivity index is 1.09. The van der Waals surface area contributed by atoms with E-state index in [1.807, 2.05) is 42.5 Å². The summed E-state index contributed by atoms with van der Waals surface area (Å²) in [5.41, 5.74) is 2.31. The summed E-state index contributed by atoms with van der Waals surface area (Å²) in [6.07, 6.45) is -0.897. The zero-order valence-electron chi connectivity index (χ0n) is 33.6. The molecule has 3 saturated heterocycles. The fourth-order valence-electron chi connectivity index (χ4n) is 11.2. The van der Waals surface area contributed by atoms with Gasteiger partial charge in [0.15, 0.2) is 5.82 Å². The van der Waals surface area contributed by atoms with Crippen LogP contribution in [0.25, 0.3) is 10.8 Å². The lowest BCUT2D eigenvalue weighted by Gasteiger charge is -2.51. The van der Waals surface area contributed by atoms with Gasteiger partial charge in [0.2, 0.25) is 11.8 Å². The van der Waals surface area contributed by atoms with Crippen LogP contribution in [0.1, 0.15) is 53.9 Å². The average Bonchev–Trinajstić information content (AvgIpc) is 3.65. The van der Waals surface area contributed by atoms with E-state index in [-0.39, 0.29) is 42.3 Å². The Hall–Kier alpha value is -5.76. The van der Waals surface area contributed by atoms with Crippen LogP contribution in [0.3, 0.4) is 0 Å². The molecule has 10 nitrogen and oxygen atoms in total. The number of hydrogen-bond donors (Lipinski definition) is 2. The van der Waals surface area contributed by atoms with Gasteiger partial charge in [0, 0.05) is 48.4 Å². The number of likely N-dealkylation sites (tertiary alicyclic amines) is 2. The van der Waals surface area contributed by atoms with Crippen LogP contribution >= 0.6 is 23.2 Å². The van der Waals surface area contributed by atoms with Crippen LogP contribution in [-0.4, -0.2) is 67.7 Å². The van der Waals surface area contributed by atoms with Crippen molar-refractivity contribution in [1.29, 1.82) is 0 Å². The molecule has 10 rings (SSSR count). The number of phenols is 1. The van der Waals surface area contributed by atoms with Gasteiger partial charge < -0.3 is 5.11 Å². The monoisotopic (exact) mass is 893 g/mol. The predicted octanol–water partition coefficient (Wildman–Crippen LogP) is 8.92. The molecule has 3 aliphatic heterocycles. The van der Waals surface area contributed by atoms with Crippen molar-refractivity contribution in [1.82, 2.24) is 19.8 Å². The molecule has 0 radical (unpaired) electrons. The van der Waals surface area contributed by atoms with Gasteiger partial charge in [-0.3, -0.25) is 34.4 Å². The highest BCUT2D eigenvalue weighted by Gasteiger charge is 2.71.